The Labute approximate surface area is 157 Å². The van der Waals surface area contributed by atoms with E-state index in [1.165, 1.54) is 24.3 Å². The van der Waals surface area contributed by atoms with Gasteiger partial charge in [-0.2, -0.15) is 0 Å². The van der Waals surface area contributed by atoms with Crippen LogP contribution in [0.15, 0.2) is 58.2 Å². The average molecular weight is 386 g/mol. The molecule has 2 aromatic carbocycles. The predicted molar refractivity (Wildman–Crippen MR) is 98.7 cm³/mol. The lowest BCUT2D eigenvalue weighted by molar-refractivity contribution is -0.384. The SMILES string of the molecule is COc1ccccc1-c1nnc(SCC(=O)Nc2ccc([N+](=O)[O-])cc2)o1. The van der Waals surface area contributed by atoms with Gasteiger partial charge >= 0.3 is 0 Å². The van der Waals surface area contributed by atoms with Gasteiger partial charge in [0.05, 0.1) is 23.3 Å². The number of amides is 1. The molecule has 10 heteroatoms. The highest BCUT2D eigenvalue weighted by atomic mass is 32.2. The van der Waals surface area contributed by atoms with E-state index in [0.717, 1.165) is 11.8 Å². The number of methoxy groups -OCH3 is 1. The van der Waals surface area contributed by atoms with E-state index in [0.29, 0.717) is 22.9 Å². The van der Waals surface area contributed by atoms with Gasteiger partial charge in [-0.15, -0.1) is 10.2 Å². The summed E-state index contributed by atoms with van der Waals surface area (Å²) in [6, 6.07) is 12.8. The fraction of sp³-hybridized carbons (Fsp3) is 0.118. The van der Waals surface area contributed by atoms with Crippen LogP contribution in [0.2, 0.25) is 0 Å². The van der Waals surface area contributed by atoms with Gasteiger partial charge in [0.15, 0.2) is 0 Å². The standard InChI is InChI=1S/C17H14N4O5S/c1-25-14-5-3-2-4-13(14)16-19-20-17(26-16)27-10-15(22)18-11-6-8-12(9-7-11)21(23)24/h2-9H,10H2,1H3,(H,18,22). The summed E-state index contributed by atoms with van der Waals surface area (Å²) >= 11 is 1.08. The summed E-state index contributed by atoms with van der Waals surface area (Å²) in [5, 5.41) is 21.4. The molecule has 1 aromatic heterocycles. The average Bonchev–Trinajstić information content (AvgIpc) is 3.15. The zero-order valence-electron chi connectivity index (χ0n) is 14.1. The van der Waals surface area contributed by atoms with Gasteiger partial charge in [-0.1, -0.05) is 23.9 Å². The largest absolute Gasteiger partial charge is 0.496 e. The van der Waals surface area contributed by atoms with Crippen LogP contribution in [-0.2, 0) is 4.79 Å². The number of anilines is 1. The van der Waals surface area contributed by atoms with Crippen LogP contribution in [0.25, 0.3) is 11.5 Å². The number of carbonyl (C=O) groups is 1. The molecule has 0 unspecified atom stereocenters. The van der Waals surface area contributed by atoms with Gasteiger partial charge in [-0.05, 0) is 24.3 Å². The lowest BCUT2D eigenvalue weighted by atomic mass is 10.2. The monoisotopic (exact) mass is 386 g/mol. The second kappa shape index (κ2) is 8.32. The van der Waals surface area contributed by atoms with E-state index in [-0.39, 0.29) is 22.6 Å². The quantitative estimate of drug-likeness (QED) is 0.373. The van der Waals surface area contributed by atoms with Crippen molar-refractivity contribution in [1.29, 1.82) is 0 Å². The Morgan fingerprint density at radius 1 is 1.22 bits per heavy atom. The Hall–Kier alpha value is -3.40. The molecule has 0 bridgehead atoms. The molecular weight excluding hydrogens is 372 g/mol. The van der Waals surface area contributed by atoms with Crippen LogP contribution in [0.3, 0.4) is 0 Å². The van der Waals surface area contributed by atoms with Gasteiger partial charge in [-0.3, -0.25) is 14.9 Å². The van der Waals surface area contributed by atoms with Crippen molar-refractivity contribution in [3.05, 3.63) is 58.6 Å². The smallest absolute Gasteiger partial charge is 0.277 e. The molecule has 3 aromatic rings. The number of thioether (sulfide) groups is 1. The molecule has 0 aliphatic rings. The van der Waals surface area contributed by atoms with Crippen molar-refractivity contribution in [3.63, 3.8) is 0 Å². The summed E-state index contributed by atoms with van der Waals surface area (Å²) in [4.78, 5) is 22.1. The molecule has 138 valence electrons. The first-order valence-electron chi connectivity index (χ1n) is 7.71. The molecule has 1 amide bonds. The summed E-state index contributed by atoms with van der Waals surface area (Å²) in [5.74, 6) is 0.648. The van der Waals surface area contributed by atoms with Crippen molar-refractivity contribution < 1.29 is 18.9 Å². The lowest BCUT2D eigenvalue weighted by Crippen LogP contribution is -2.13. The topological polar surface area (TPSA) is 120 Å². The minimum Gasteiger partial charge on any atom is -0.496 e. The van der Waals surface area contributed by atoms with Crippen molar-refractivity contribution in [3.8, 4) is 17.2 Å². The Bertz CT molecular complexity index is 958. The molecule has 0 saturated carbocycles. The molecule has 1 N–H and O–H groups in total. The highest BCUT2D eigenvalue weighted by molar-refractivity contribution is 7.99. The highest BCUT2D eigenvalue weighted by Gasteiger charge is 2.14. The number of non-ortho nitro benzene ring substituents is 1. The molecule has 0 radical (unpaired) electrons. The molecule has 0 fully saturated rings. The first kappa shape index (κ1) is 18.4. The van der Waals surface area contributed by atoms with E-state index in [9.17, 15) is 14.9 Å². The molecule has 0 aliphatic heterocycles. The van der Waals surface area contributed by atoms with E-state index in [4.69, 9.17) is 9.15 Å². The number of carbonyl (C=O) groups excluding carboxylic acids is 1. The normalized spacial score (nSPS) is 10.4. The minimum absolute atomic E-state index is 0.0443. The third kappa shape index (κ3) is 4.61. The number of rotatable bonds is 7. The lowest BCUT2D eigenvalue weighted by Gasteiger charge is -2.04. The second-order valence-corrected chi connectivity index (χ2v) is 6.14. The third-order valence-corrected chi connectivity index (χ3v) is 4.25. The molecule has 0 spiro atoms. The van der Waals surface area contributed by atoms with Gasteiger partial charge in [0, 0.05) is 17.8 Å². The first-order chi connectivity index (χ1) is 13.1. The van der Waals surface area contributed by atoms with Crippen LogP contribution in [0.5, 0.6) is 5.75 Å². The first-order valence-corrected chi connectivity index (χ1v) is 8.69. The summed E-state index contributed by atoms with van der Waals surface area (Å²) in [6.45, 7) is 0. The molecule has 1 heterocycles. The van der Waals surface area contributed by atoms with Crippen molar-refractivity contribution in [2.45, 2.75) is 5.22 Å². The van der Waals surface area contributed by atoms with Crippen LogP contribution in [0.4, 0.5) is 11.4 Å². The van der Waals surface area contributed by atoms with Gasteiger partial charge in [0.1, 0.15) is 5.75 Å². The molecular formula is C17H14N4O5S. The zero-order valence-corrected chi connectivity index (χ0v) is 14.9. The van der Waals surface area contributed by atoms with Gasteiger partial charge in [-0.25, -0.2) is 0 Å². The van der Waals surface area contributed by atoms with Crippen LogP contribution >= 0.6 is 11.8 Å². The Kier molecular flexibility index (Phi) is 5.67. The van der Waals surface area contributed by atoms with E-state index >= 15 is 0 Å². The molecule has 27 heavy (non-hydrogen) atoms. The molecule has 3 rings (SSSR count). The highest BCUT2D eigenvalue weighted by Crippen LogP contribution is 2.30. The van der Waals surface area contributed by atoms with E-state index in [1.807, 2.05) is 12.1 Å². The number of nitro groups is 1. The number of hydrogen-bond acceptors (Lipinski definition) is 8. The number of ether oxygens (including phenoxy) is 1. The van der Waals surface area contributed by atoms with Crippen LogP contribution in [-0.4, -0.2) is 33.9 Å². The maximum absolute atomic E-state index is 12.0. The number of para-hydroxylation sites is 1. The summed E-state index contributed by atoms with van der Waals surface area (Å²) < 4.78 is 10.8. The zero-order chi connectivity index (χ0) is 19.2. The molecule has 0 saturated heterocycles. The predicted octanol–water partition coefficient (Wildman–Crippen LogP) is 3.38. The fourth-order valence-electron chi connectivity index (χ4n) is 2.19. The van der Waals surface area contributed by atoms with Crippen LogP contribution < -0.4 is 10.1 Å². The second-order valence-electron chi connectivity index (χ2n) is 5.21. The summed E-state index contributed by atoms with van der Waals surface area (Å²) in [5.41, 5.74) is 1.08. The van der Waals surface area contributed by atoms with Crippen LogP contribution in [0.1, 0.15) is 0 Å². The molecule has 0 aliphatic carbocycles. The van der Waals surface area contributed by atoms with E-state index in [1.54, 1.807) is 19.2 Å². The van der Waals surface area contributed by atoms with Crippen molar-refractivity contribution in [2.24, 2.45) is 0 Å². The van der Waals surface area contributed by atoms with Crippen molar-refractivity contribution >= 4 is 29.0 Å². The number of nitrogens with one attached hydrogen (secondary N) is 1. The van der Waals surface area contributed by atoms with Gasteiger partial charge in [0.2, 0.25) is 5.91 Å². The molecule has 9 nitrogen and oxygen atoms in total. The maximum atomic E-state index is 12.0. The Balaban J connectivity index is 1.58. The van der Waals surface area contributed by atoms with Crippen molar-refractivity contribution in [2.75, 3.05) is 18.2 Å². The number of aromatic nitrogens is 2. The number of nitro benzene ring substituents is 1. The Morgan fingerprint density at radius 2 is 1.96 bits per heavy atom. The number of nitrogens with zero attached hydrogens (tertiary/aromatic N) is 3. The number of benzene rings is 2. The summed E-state index contributed by atoms with van der Waals surface area (Å²) in [7, 11) is 1.55. The van der Waals surface area contributed by atoms with E-state index < -0.39 is 4.92 Å². The number of hydrogen-bond donors (Lipinski definition) is 1. The third-order valence-electron chi connectivity index (χ3n) is 3.43. The van der Waals surface area contributed by atoms with Gasteiger partial charge < -0.3 is 14.5 Å². The Morgan fingerprint density at radius 3 is 2.67 bits per heavy atom. The maximum Gasteiger partial charge on any atom is 0.277 e. The fourth-order valence-corrected chi connectivity index (χ4v) is 2.75. The van der Waals surface area contributed by atoms with Gasteiger partial charge in [0.25, 0.3) is 16.8 Å². The van der Waals surface area contributed by atoms with Crippen LogP contribution in [0, 0.1) is 10.1 Å². The minimum atomic E-state index is -0.504. The summed E-state index contributed by atoms with van der Waals surface area (Å²) in [6.07, 6.45) is 0. The van der Waals surface area contributed by atoms with Crippen molar-refractivity contribution in [1.82, 2.24) is 10.2 Å². The van der Waals surface area contributed by atoms with E-state index in [2.05, 4.69) is 15.5 Å². The molecule has 0 atom stereocenters.